The highest BCUT2D eigenvalue weighted by molar-refractivity contribution is 6.29. The first-order chi connectivity index (χ1) is 6.26. The Kier molecular flexibility index (Phi) is 4.12. The molecule has 0 aromatic carbocycles. The molecular formula is C9H14ClN3. The lowest BCUT2D eigenvalue weighted by atomic mass is 10.4. The van der Waals surface area contributed by atoms with Gasteiger partial charge in [0.15, 0.2) is 0 Å². The van der Waals surface area contributed by atoms with Gasteiger partial charge < -0.3 is 0 Å². The van der Waals surface area contributed by atoms with Crippen LogP contribution in [0.1, 0.15) is 19.5 Å². The van der Waals surface area contributed by atoms with Crippen LogP contribution in [0.25, 0.3) is 0 Å². The maximum absolute atomic E-state index is 5.63. The molecule has 0 aliphatic rings. The minimum atomic E-state index is 0.447. The molecule has 0 bridgehead atoms. The van der Waals surface area contributed by atoms with Crippen LogP contribution in [0.4, 0.5) is 0 Å². The summed E-state index contributed by atoms with van der Waals surface area (Å²) in [5.74, 6) is 0. The van der Waals surface area contributed by atoms with Gasteiger partial charge in [0, 0.05) is 6.54 Å². The number of rotatable bonds is 4. The second-order valence-corrected chi connectivity index (χ2v) is 3.18. The molecule has 0 saturated carbocycles. The molecule has 1 aromatic rings. The van der Waals surface area contributed by atoms with Gasteiger partial charge >= 0.3 is 0 Å². The highest BCUT2D eigenvalue weighted by atomic mass is 35.5. The summed E-state index contributed by atoms with van der Waals surface area (Å²) in [4.78, 5) is 10.4. The van der Waals surface area contributed by atoms with Gasteiger partial charge in [0.1, 0.15) is 5.15 Å². The van der Waals surface area contributed by atoms with Crippen molar-refractivity contribution in [3.05, 3.63) is 23.2 Å². The van der Waals surface area contributed by atoms with Gasteiger partial charge in [-0.2, -0.15) is 0 Å². The smallest absolute Gasteiger partial charge is 0.147 e. The summed E-state index contributed by atoms with van der Waals surface area (Å²) in [7, 11) is 0. The number of hydrogen-bond acceptors (Lipinski definition) is 3. The number of nitrogens with zero attached hydrogens (tertiary/aromatic N) is 3. The fourth-order valence-corrected chi connectivity index (χ4v) is 1.19. The Morgan fingerprint density at radius 2 is 1.92 bits per heavy atom. The fourth-order valence-electron chi connectivity index (χ4n) is 1.10. The van der Waals surface area contributed by atoms with Crippen LogP contribution in [0.3, 0.4) is 0 Å². The number of halogens is 1. The summed E-state index contributed by atoms with van der Waals surface area (Å²) < 4.78 is 0. The predicted molar refractivity (Wildman–Crippen MR) is 53.7 cm³/mol. The SMILES string of the molecule is CCN(CC)Cc1cnc(Cl)cn1. The summed E-state index contributed by atoms with van der Waals surface area (Å²) >= 11 is 5.63. The van der Waals surface area contributed by atoms with Gasteiger partial charge in [-0.15, -0.1) is 0 Å². The summed E-state index contributed by atoms with van der Waals surface area (Å²) in [5, 5.41) is 0.447. The number of hydrogen-bond donors (Lipinski definition) is 0. The third-order valence-electron chi connectivity index (χ3n) is 1.95. The Bertz CT molecular complexity index is 244. The second kappa shape index (κ2) is 5.14. The lowest BCUT2D eigenvalue weighted by Gasteiger charge is -2.16. The zero-order chi connectivity index (χ0) is 9.68. The van der Waals surface area contributed by atoms with Crippen LogP contribution in [0.5, 0.6) is 0 Å². The van der Waals surface area contributed by atoms with Gasteiger partial charge in [0.25, 0.3) is 0 Å². The highest BCUT2D eigenvalue weighted by Gasteiger charge is 2.01. The van der Waals surface area contributed by atoms with Crippen LogP contribution < -0.4 is 0 Å². The van der Waals surface area contributed by atoms with Crippen molar-refractivity contribution in [2.24, 2.45) is 0 Å². The molecule has 1 heterocycles. The lowest BCUT2D eigenvalue weighted by Crippen LogP contribution is -2.22. The van der Waals surface area contributed by atoms with Crippen LogP contribution in [0.15, 0.2) is 12.4 Å². The van der Waals surface area contributed by atoms with Crippen LogP contribution in [-0.2, 0) is 6.54 Å². The van der Waals surface area contributed by atoms with E-state index in [4.69, 9.17) is 11.6 Å². The first kappa shape index (κ1) is 10.4. The van der Waals surface area contributed by atoms with Gasteiger partial charge in [-0.25, -0.2) is 4.98 Å². The molecule has 13 heavy (non-hydrogen) atoms. The Labute approximate surface area is 83.8 Å². The molecule has 1 rings (SSSR count). The van der Waals surface area contributed by atoms with Crippen molar-refractivity contribution in [1.29, 1.82) is 0 Å². The number of aromatic nitrogens is 2. The van der Waals surface area contributed by atoms with Crippen molar-refractivity contribution in [1.82, 2.24) is 14.9 Å². The van der Waals surface area contributed by atoms with Crippen LogP contribution in [0, 0.1) is 0 Å². The lowest BCUT2D eigenvalue weighted by molar-refractivity contribution is 0.292. The van der Waals surface area contributed by atoms with Crippen molar-refractivity contribution in [3.8, 4) is 0 Å². The van der Waals surface area contributed by atoms with Crippen molar-refractivity contribution < 1.29 is 0 Å². The van der Waals surface area contributed by atoms with E-state index in [1.165, 1.54) is 0 Å². The second-order valence-electron chi connectivity index (χ2n) is 2.79. The van der Waals surface area contributed by atoms with E-state index in [1.54, 1.807) is 12.4 Å². The van der Waals surface area contributed by atoms with Crippen molar-refractivity contribution in [3.63, 3.8) is 0 Å². The monoisotopic (exact) mass is 199 g/mol. The predicted octanol–water partition coefficient (Wildman–Crippen LogP) is 1.97. The van der Waals surface area contributed by atoms with Crippen LogP contribution in [0.2, 0.25) is 5.15 Å². The highest BCUT2D eigenvalue weighted by Crippen LogP contribution is 2.03. The van der Waals surface area contributed by atoms with Gasteiger partial charge in [-0.3, -0.25) is 9.88 Å². The first-order valence-electron chi connectivity index (χ1n) is 4.45. The third kappa shape index (κ3) is 3.28. The summed E-state index contributed by atoms with van der Waals surface area (Å²) in [6.07, 6.45) is 3.31. The molecule has 0 N–H and O–H groups in total. The first-order valence-corrected chi connectivity index (χ1v) is 4.82. The van der Waals surface area contributed by atoms with E-state index in [9.17, 15) is 0 Å². The fraction of sp³-hybridized carbons (Fsp3) is 0.556. The molecule has 4 heteroatoms. The summed E-state index contributed by atoms with van der Waals surface area (Å²) in [5.41, 5.74) is 0.966. The van der Waals surface area contributed by atoms with Crippen molar-refractivity contribution in [2.75, 3.05) is 13.1 Å². The van der Waals surface area contributed by atoms with E-state index in [0.717, 1.165) is 25.3 Å². The minimum Gasteiger partial charge on any atom is -0.298 e. The topological polar surface area (TPSA) is 29.0 Å². The van der Waals surface area contributed by atoms with E-state index < -0.39 is 0 Å². The maximum atomic E-state index is 5.63. The Hall–Kier alpha value is -0.670. The largest absolute Gasteiger partial charge is 0.298 e. The molecule has 0 unspecified atom stereocenters. The molecule has 72 valence electrons. The van der Waals surface area contributed by atoms with Gasteiger partial charge in [0.05, 0.1) is 18.1 Å². The van der Waals surface area contributed by atoms with Crippen molar-refractivity contribution >= 4 is 11.6 Å². The van der Waals surface area contributed by atoms with Crippen LogP contribution in [-0.4, -0.2) is 28.0 Å². The molecule has 3 nitrogen and oxygen atoms in total. The van der Waals surface area contributed by atoms with E-state index in [0.29, 0.717) is 5.15 Å². The normalized spacial score (nSPS) is 10.8. The standard InChI is InChI=1S/C9H14ClN3/c1-3-13(4-2)7-8-5-12-9(10)6-11-8/h5-6H,3-4,7H2,1-2H3. The molecule has 1 aromatic heterocycles. The molecule has 0 radical (unpaired) electrons. The van der Waals surface area contributed by atoms with E-state index in [-0.39, 0.29) is 0 Å². The average molecular weight is 200 g/mol. The van der Waals surface area contributed by atoms with E-state index in [1.807, 2.05) is 0 Å². The third-order valence-corrected chi connectivity index (χ3v) is 2.15. The molecule has 0 fully saturated rings. The van der Waals surface area contributed by atoms with E-state index in [2.05, 4.69) is 28.7 Å². The maximum Gasteiger partial charge on any atom is 0.147 e. The Morgan fingerprint density at radius 3 is 2.38 bits per heavy atom. The Balaban J connectivity index is 2.58. The molecule has 0 saturated heterocycles. The zero-order valence-corrected chi connectivity index (χ0v) is 8.75. The molecule has 0 aliphatic heterocycles. The van der Waals surface area contributed by atoms with Gasteiger partial charge in [0.2, 0.25) is 0 Å². The molecule has 0 spiro atoms. The molecule has 0 atom stereocenters. The molecule has 0 aliphatic carbocycles. The molecular weight excluding hydrogens is 186 g/mol. The van der Waals surface area contributed by atoms with Gasteiger partial charge in [-0.05, 0) is 13.1 Å². The van der Waals surface area contributed by atoms with Crippen LogP contribution >= 0.6 is 11.6 Å². The van der Waals surface area contributed by atoms with E-state index >= 15 is 0 Å². The Morgan fingerprint density at radius 1 is 1.23 bits per heavy atom. The van der Waals surface area contributed by atoms with Crippen molar-refractivity contribution in [2.45, 2.75) is 20.4 Å². The summed E-state index contributed by atoms with van der Waals surface area (Å²) in [6.45, 7) is 7.17. The van der Waals surface area contributed by atoms with Gasteiger partial charge in [-0.1, -0.05) is 25.4 Å². The average Bonchev–Trinajstić information content (AvgIpc) is 2.17. The molecule has 0 amide bonds. The minimum absolute atomic E-state index is 0.447. The zero-order valence-electron chi connectivity index (χ0n) is 8.00. The summed E-state index contributed by atoms with van der Waals surface area (Å²) in [6, 6.07) is 0. The quantitative estimate of drug-likeness (QED) is 0.743.